The van der Waals surface area contributed by atoms with Gasteiger partial charge in [-0.1, -0.05) is 6.08 Å². The quantitative estimate of drug-likeness (QED) is 0.863. The molecule has 110 valence electrons. The number of ether oxygens (including phenoxy) is 1. The second-order valence-corrected chi connectivity index (χ2v) is 5.35. The number of rotatable bonds is 4. The fourth-order valence-electron chi connectivity index (χ4n) is 2.42. The summed E-state index contributed by atoms with van der Waals surface area (Å²) in [5.41, 5.74) is 0.180. The predicted molar refractivity (Wildman–Crippen MR) is 78.1 cm³/mol. The molecule has 1 aliphatic heterocycles. The van der Waals surface area contributed by atoms with Crippen LogP contribution in [0.4, 0.5) is 0 Å². The van der Waals surface area contributed by atoms with Gasteiger partial charge in [0, 0.05) is 32.0 Å². The van der Waals surface area contributed by atoms with Crippen molar-refractivity contribution in [3.63, 3.8) is 0 Å². The van der Waals surface area contributed by atoms with Crippen LogP contribution in [0.25, 0.3) is 6.20 Å². The molecule has 1 unspecified atom stereocenters. The van der Waals surface area contributed by atoms with Crippen LogP contribution in [0.2, 0.25) is 0 Å². The Labute approximate surface area is 119 Å². The highest BCUT2D eigenvalue weighted by atomic mass is 16.5. The second kappa shape index (κ2) is 6.35. The predicted octanol–water partition coefficient (Wildman–Crippen LogP) is 0.998. The van der Waals surface area contributed by atoms with Crippen LogP contribution in [-0.2, 0) is 10.3 Å². The van der Waals surface area contributed by atoms with E-state index >= 15 is 0 Å². The molecule has 2 heterocycles. The second-order valence-electron chi connectivity index (χ2n) is 5.35. The van der Waals surface area contributed by atoms with Gasteiger partial charge in [-0.25, -0.2) is 0 Å². The van der Waals surface area contributed by atoms with E-state index in [0.29, 0.717) is 12.0 Å². The fourth-order valence-corrected chi connectivity index (χ4v) is 2.42. The zero-order valence-corrected chi connectivity index (χ0v) is 12.2. The van der Waals surface area contributed by atoms with Crippen LogP contribution in [0, 0.1) is 5.41 Å². The molecule has 2 rings (SSSR count). The van der Waals surface area contributed by atoms with Crippen molar-refractivity contribution < 1.29 is 9.84 Å². The first-order valence-electron chi connectivity index (χ1n) is 6.95. The standard InChI is InChI=1S/C15H23N3O2/c1-3-5-18-6-4-13(11-14(18)16)15(2,19)12-17-7-9-20-10-8-17/h3-6,11,16,19H,7-10,12H2,1-2H3/b5-3-,16-14?. The van der Waals surface area contributed by atoms with Gasteiger partial charge in [-0.2, -0.15) is 0 Å². The van der Waals surface area contributed by atoms with Crippen molar-refractivity contribution in [2.45, 2.75) is 19.4 Å². The van der Waals surface area contributed by atoms with Gasteiger partial charge in [0.15, 0.2) is 0 Å². The Hall–Kier alpha value is -1.43. The fraction of sp³-hybridized carbons (Fsp3) is 0.533. The molecule has 1 atom stereocenters. The zero-order chi connectivity index (χ0) is 14.6. The van der Waals surface area contributed by atoms with Crippen LogP contribution in [0.1, 0.15) is 19.4 Å². The number of aliphatic hydroxyl groups is 1. The molecule has 5 nitrogen and oxygen atoms in total. The molecule has 0 radical (unpaired) electrons. The van der Waals surface area contributed by atoms with Crippen molar-refractivity contribution in [1.82, 2.24) is 9.47 Å². The summed E-state index contributed by atoms with van der Waals surface area (Å²) in [6.45, 7) is 7.39. The van der Waals surface area contributed by atoms with Gasteiger partial charge in [-0.15, -0.1) is 0 Å². The number of β-amino-alcohol motifs (C(OH)–C–C–N with tert-alkyl or cyclic N) is 1. The average molecular weight is 277 g/mol. The summed E-state index contributed by atoms with van der Waals surface area (Å²) in [5.74, 6) is 0. The lowest BCUT2D eigenvalue weighted by molar-refractivity contribution is -0.0255. The number of nitrogens with zero attached hydrogens (tertiary/aromatic N) is 2. The summed E-state index contributed by atoms with van der Waals surface area (Å²) in [6.07, 6.45) is 5.51. The van der Waals surface area contributed by atoms with Gasteiger partial charge in [-0.05, 0) is 31.5 Å². The van der Waals surface area contributed by atoms with E-state index < -0.39 is 5.60 Å². The highest BCUT2D eigenvalue weighted by Crippen LogP contribution is 2.21. The van der Waals surface area contributed by atoms with E-state index in [4.69, 9.17) is 10.1 Å². The molecular weight excluding hydrogens is 254 g/mol. The Morgan fingerprint density at radius 2 is 2.15 bits per heavy atom. The first-order valence-corrected chi connectivity index (χ1v) is 6.95. The molecule has 0 spiro atoms. The summed E-state index contributed by atoms with van der Waals surface area (Å²) in [7, 11) is 0. The summed E-state index contributed by atoms with van der Waals surface area (Å²) >= 11 is 0. The van der Waals surface area contributed by atoms with Crippen LogP contribution in [0.5, 0.6) is 0 Å². The van der Waals surface area contributed by atoms with Gasteiger partial charge in [0.1, 0.15) is 5.49 Å². The maximum Gasteiger partial charge on any atom is 0.129 e. The smallest absolute Gasteiger partial charge is 0.129 e. The number of hydrogen-bond donors (Lipinski definition) is 2. The van der Waals surface area contributed by atoms with Crippen molar-refractivity contribution in [1.29, 1.82) is 5.41 Å². The van der Waals surface area contributed by atoms with Crippen molar-refractivity contribution in [2.75, 3.05) is 32.8 Å². The van der Waals surface area contributed by atoms with Crippen LogP contribution in [0.15, 0.2) is 24.4 Å². The van der Waals surface area contributed by atoms with Crippen molar-refractivity contribution in [2.24, 2.45) is 0 Å². The summed E-state index contributed by atoms with van der Waals surface area (Å²) in [6, 6.07) is 3.60. The molecule has 1 aromatic rings. The van der Waals surface area contributed by atoms with E-state index in [1.165, 1.54) is 0 Å². The van der Waals surface area contributed by atoms with Gasteiger partial charge in [-0.3, -0.25) is 10.3 Å². The zero-order valence-electron chi connectivity index (χ0n) is 12.2. The van der Waals surface area contributed by atoms with Gasteiger partial charge >= 0.3 is 0 Å². The molecule has 0 aliphatic carbocycles. The highest BCUT2D eigenvalue weighted by molar-refractivity contribution is 5.26. The molecule has 1 aromatic heterocycles. The molecule has 20 heavy (non-hydrogen) atoms. The van der Waals surface area contributed by atoms with Gasteiger partial charge in [0.05, 0.1) is 18.8 Å². The maximum atomic E-state index is 10.7. The first kappa shape index (κ1) is 15.0. The van der Waals surface area contributed by atoms with Crippen molar-refractivity contribution in [3.8, 4) is 0 Å². The molecule has 0 bridgehead atoms. The summed E-state index contributed by atoms with van der Waals surface area (Å²) in [4.78, 5) is 2.19. The third-order valence-electron chi connectivity index (χ3n) is 3.55. The maximum absolute atomic E-state index is 10.7. The molecule has 0 amide bonds. The molecule has 1 fully saturated rings. The molecule has 0 saturated carbocycles. The number of morpholine rings is 1. The molecule has 0 aromatic carbocycles. The SMILES string of the molecule is C/C=C\n1ccc(C(C)(O)CN2CCOCC2)cc1=N. The molecule has 1 aliphatic rings. The topological polar surface area (TPSA) is 61.5 Å². The lowest BCUT2D eigenvalue weighted by Gasteiger charge is -2.34. The molecule has 2 N–H and O–H groups in total. The number of allylic oxidation sites excluding steroid dienone is 1. The number of hydrogen-bond acceptors (Lipinski definition) is 4. The van der Waals surface area contributed by atoms with Crippen LogP contribution >= 0.6 is 0 Å². The molecule has 1 saturated heterocycles. The van der Waals surface area contributed by atoms with E-state index in [1.807, 2.05) is 31.5 Å². The van der Waals surface area contributed by atoms with E-state index in [1.54, 1.807) is 17.6 Å². The lowest BCUT2D eigenvalue weighted by atomic mass is 9.96. The third kappa shape index (κ3) is 3.56. The minimum Gasteiger partial charge on any atom is -0.384 e. The van der Waals surface area contributed by atoms with E-state index in [9.17, 15) is 5.11 Å². The van der Waals surface area contributed by atoms with Crippen LogP contribution in [-0.4, -0.2) is 47.4 Å². The minimum absolute atomic E-state index is 0.364. The Kier molecular flexibility index (Phi) is 4.75. The monoisotopic (exact) mass is 277 g/mol. The van der Waals surface area contributed by atoms with Gasteiger partial charge in [0.25, 0.3) is 0 Å². The highest BCUT2D eigenvalue weighted by Gasteiger charge is 2.27. The summed E-state index contributed by atoms with van der Waals surface area (Å²) < 4.78 is 7.03. The number of aromatic nitrogens is 1. The van der Waals surface area contributed by atoms with E-state index in [0.717, 1.165) is 31.9 Å². The Morgan fingerprint density at radius 3 is 2.75 bits per heavy atom. The molecular formula is C15H23N3O2. The van der Waals surface area contributed by atoms with Crippen LogP contribution < -0.4 is 5.49 Å². The Balaban J connectivity index is 2.15. The minimum atomic E-state index is -0.956. The Morgan fingerprint density at radius 1 is 1.45 bits per heavy atom. The van der Waals surface area contributed by atoms with Crippen LogP contribution in [0.3, 0.4) is 0 Å². The Bertz CT molecular complexity index is 528. The molecule has 5 heteroatoms. The largest absolute Gasteiger partial charge is 0.384 e. The first-order chi connectivity index (χ1) is 9.53. The van der Waals surface area contributed by atoms with Crippen molar-refractivity contribution >= 4 is 6.20 Å². The lowest BCUT2D eigenvalue weighted by Crippen LogP contribution is -2.45. The van der Waals surface area contributed by atoms with E-state index in [-0.39, 0.29) is 0 Å². The number of pyridine rings is 1. The summed E-state index contributed by atoms with van der Waals surface area (Å²) in [5, 5.41) is 18.7. The van der Waals surface area contributed by atoms with Crippen molar-refractivity contribution in [3.05, 3.63) is 35.5 Å². The normalized spacial score (nSPS) is 20.1. The average Bonchev–Trinajstić information content (AvgIpc) is 2.42. The van der Waals surface area contributed by atoms with Gasteiger partial charge < -0.3 is 14.4 Å². The van der Waals surface area contributed by atoms with E-state index in [2.05, 4.69) is 4.90 Å². The number of nitrogens with one attached hydrogen (secondary N) is 1. The van der Waals surface area contributed by atoms with Gasteiger partial charge in [0.2, 0.25) is 0 Å². The third-order valence-corrected chi connectivity index (χ3v) is 3.55.